The van der Waals surface area contributed by atoms with Crippen LogP contribution >= 0.6 is 0 Å². The van der Waals surface area contributed by atoms with Crippen LogP contribution in [0.15, 0.2) is 42.7 Å². The number of aliphatic hydroxyl groups is 1. The van der Waals surface area contributed by atoms with Crippen LogP contribution in [0.25, 0.3) is 10.9 Å². The lowest BCUT2D eigenvalue weighted by Gasteiger charge is -2.34. The van der Waals surface area contributed by atoms with Gasteiger partial charge in [-0.2, -0.15) is 13.2 Å². The minimum Gasteiger partial charge on any atom is -0.396 e. The molecule has 0 bridgehead atoms. The van der Waals surface area contributed by atoms with Crippen molar-refractivity contribution in [1.29, 1.82) is 0 Å². The lowest BCUT2D eigenvalue weighted by Crippen LogP contribution is -2.44. The molecule has 36 heavy (non-hydrogen) atoms. The molecule has 3 N–H and O–H groups in total. The standard InChI is InChI=1S/C24H27F3N6O3/c25-24(26,27)23-30-13-16(14-31-23)20(33-8-11-36-12-9-33)15-29-22(35)18-3-1-4-19-17(18)5-6-21(32-19)28-7-2-10-34/h1,3-6,13-14,20,34H,2,7-12,15H2,(H,28,32)(H,29,35). The summed E-state index contributed by atoms with van der Waals surface area (Å²) < 4.78 is 44.2. The molecule has 12 heteroatoms. The van der Waals surface area contributed by atoms with E-state index in [0.717, 1.165) is 12.4 Å². The van der Waals surface area contributed by atoms with E-state index in [9.17, 15) is 18.0 Å². The number of anilines is 1. The second-order valence-corrected chi connectivity index (χ2v) is 8.28. The van der Waals surface area contributed by atoms with Crippen molar-refractivity contribution in [3.63, 3.8) is 0 Å². The number of amides is 1. The third-order valence-corrected chi connectivity index (χ3v) is 5.87. The number of fused-ring (bicyclic) bond motifs is 1. The number of benzene rings is 1. The molecule has 1 aliphatic heterocycles. The van der Waals surface area contributed by atoms with Crippen molar-refractivity contribution < 1.29 is 27.8 Å². The highest BCUT2D eigenvalue weighted by Crippen LogP contribution is 2.27. The molecule has 1 fully saturated rings. The fourth-order valence-corrected chi connectivity index (χ4v) is 4.03. The highest BCUT2D eigenvalue weighted by atomic mass is 19.4. The number of carbonyl (C=O) groups is 1. The fraction of sp³-hybridized carbons (Fsp3) is 0.417. The van der Waals surface area contributed by atoms with E-state index < -0.39 is 18.0 Å². The molecular formula is C24H27F3N6O3. The zero-order valence-electron chi connectivity index (χ0n) is 19.5. The first kappa shape index (κ1) is 25.7. The summed E-state index contributed by atoms with van der Waals surface area (Å²) in [6.45, 7) is 2.89. The van der Waals surface area contributed by atoms with Crippen molar-refractivity contribution in [2.45, 2.75) is 18.6 Å². The van der Waals surface area contributed by atoms with Crippen molar-refractivity contribution in [1.82, 2.24) is 25.2 Å². The number of nitrogens with one attached hydrogen (secondary N) is 2. The first-order valence-electron chi connectivity index (χ1n) is 11.6. The summed E-state index contributed by atoms with van der Waals surface area (Å²) in [5.74, 6) is -0.887. The number of morpholine rings is 1. The molecule has 0 spiro atoms. The molecule has 1 atom stereocenters. The van der Waals surface area contributed by atoms with Crippen LogP contribution in [0.3, 0.4) is 0 Å². The van der Waals surface area contributed by atoms with E-state index in [1.54, 1.807) is 24.3 Å². The number of aliphatic hydroxyl groups excluding tert-OH is 1. The number of hydrogen-bond acceptors (Lipinski definition) is 8. The van der Waals surface area contributed by atoms with E-state index in [2.05, 4.69) is 25.6 Å². The smallest absolute Gasteiger partial charge is 0.396 e. The van der Waals surface area contributed by atoms with Gasteiger partial charge in [-0.25, -0.2) is 15.0 Å². The second kappa shape index (κ2) is 11.6. The average Bonchev–Trinajstić information content (AvgIpc) is 2.89. The fourth-order valence-electron chi connectivity index (χ4n) is 4.03. The Morgan fingerprint density at radius 3 is 2.58 bits per heavy atom. The Balaban J connectivity index is 1.51. The Kier molecular flexibility index (Phi) is 8.28. The first-order chi connectivity index (χ1) is 17.4. The molecule has 2 aromatic heterocycles. The Morgan fingerprint density at radius 1 is 1.14 bits per heavy atom. The summed E-state index contributed by atoms with van der Waals surface area (Å²) in [5, 5.41) is 15.6. The SMILES string of the molecule is O=C(NCC(c1cnc(C(F)(F)F)nc1)N1CCOCC1)c1cccc2nc(NCCCO)ccc12. The number of rotatable bonds is 9. The van der Waals surface area contributed by atoms with Crippen LogP contribution in [-0.2, 0) is 10.9 Å². The Labute approximate surface area is 205 Å². The van der Waals surface area contributed by atoms with Crippen molar-refractivity contribution in [3.8, 4) is 0 Å². The number of carbonyl (C=O) groups excluding carboxylic acids is 1. The van der Waals surface area contributed by atoms with Gasteiger partial charge in [0.2, 0.25) is 5.82 Å². The maximum atomic E-state index is 13.2. The van der Waals surface area contributed by atoms with Crippen molar-refractivity contribution in [3.05, 3.63) is 59.7 Å². The van der Waals surface area contributed by atoms with Crippen LogP contribution in [0.4, 0.5) is 19.0 Å². The van der Waals surface area contributed by atoms with E-state index in [1.807, 2.05) is 11.0 Å². The van der Waals surface area contributed by atoms with Crippen molar-refractivity contribution in [2.24, 2.45) is 0 Å². The van der Waals surface area contributed by atoms with Gasteiger partial charge in [0.1, 0.15) is 5.82 Å². The lowest BCUT2D eigenvalue weighted by molar-refractivity contribution is -0.145. The Hall–Kier alpha value is -3.35. The van der Waals surface area contributed by atoms with Gasteiger partial charge >= 0.3 is 6.18 Å². The van der Waals surface area contributed by atoms with Crippen LogP contribution in [0, 0.1) is 0 Å². The molecule has 0 aliphatic carbocycles. The van der Waals surface area contributed by atoms with E-state index in [1.165, 1.54) is 0 Å². The van der Waals surface area contributed by atoms with Gasteiger partial charge in [0.25, 0.3) is 5.91 Å². The second-order valence-electron chi connectivity index (χ2n) is 8.28. The van der Waals surface area contributed by atoms with Crippen LogP contribution in [-0.4, -0.2) is 76.9 Å². The normalized spacial score (nSPS) is 15.6. The zero-order valence-corrected chi connectivity index (χ0v) is 19.5. The number of halogens is 3. The maximum absolute atomic E-state index is 13.2. The van der Waals surface area contributed by atoms with Gasteiger partial charge < -0.3 is 20.5 Å². The molecule has 1 unspecified atom stereocenters. The summed E-state index contributed by atoms with van der Waals surface area (Å²) in [4.78, 5) is 26.7. The predicted octanol–water partition coefficient (Wildman–Crippen LogP) is 2.64. The molecule has 9 nitrogen and oxygen atoms in total. The highest BCUT2D eigenvalue weighted by molar-refractivity contribution is 6.06. The number of hydrogen-bond donors (Lipinski definition) is 3. The molecule has 1 aliphatic rings. The van der Waals surface area contributed by atoms with Crippen LogP contribution < -0.4 is 10.6 Å². The largest absolute Gasteiger partial charge is 0.451 e. The van der Waals surface area contributed by atoms with Gasteiger partial charge in [-0.3, -0.25) is 9.69 Å². The summed E-state index contributed by atoms with van der Waals surface area (Å²) in [6, 6.07) is 8.40. The number of aromatic nitrogens is 3. The number of pyridine rings is 1. The quantitative estimate of drug-likeness (QED) is 0.382. The molecule has 0 radical (unpaired) electrons. The third-order valence-electron chi connectivity index (χ3n) is 5.87. The number of ether oxygens (including phenoxy) is 1. The number of alkyl halides is 3. The molecule has 0 saturated carbocycles. The summed E-state index contributed by atoms with van der Waals surface area (Å²) >= 11 is 0. The molecule has 1 amide bonds. The predicted molar refractivity (Wildman–Crippen MR) is 126 cm³/mol. The molecule has 1 aromatic carbocycles. The Morgan fingerprint density at radius 2 is 1.89 bits per heavy atom. The molecule has 192 valence electrons. The van der Waals surface area contributed by atoms with Crippen molar-refractivity contribution >= 4 is 22.6 Å². The van der Waals surface area contributed by atoms with Crippen LogP contribution in [0.2, 0.25) is 0 Å². The van der Waals surface area contributed by atoms with Gasteiger partial charge in [-0.05, 0) is 30.7 Å². The van der Waals surface area contributed by atoms with Crippen LogP contribution in [0.1, 0.15) is 34.2 Å². The monoisotopic (exact) mass is 504 g/mol. The van der Waals surface area contributed by atoms with E-state index in [0.29, 0.717) is 67.1 Å². The van der Waals surface area contributed by atoms with Crippen molar-refractivity contribution in [2.75, 3.05) is 51.3 Å². The summed E-state index contributed by atoms with van der Waals surface area (Å²) in [5.41, 5.74) is 1.55. The first-order valence-corrected chi connectivity index (χ1v) is 11.6. The molecule has 3 aromatic rings. The zero-order chi connectivity index (χ0) is 25.5. The Bertz CT molecular complexity index is 1170. The molecule has 1 saturated heterocycles. The van der Waals surface area contributed by atoms with E-state index in [-0.39, 0.29) is 19.1 Å². The van der Waals surface area contributed by atoms with Crippen LogP contribution in [0.5, 0.6) is 0 Å². The van der Waals surface area contributed by atoms with E-state index >= 15 is 0 Å². The number of nitrogens with zero attached hydrogens (tertiary/aromatic N) is 4. The third kappa shape index (κ3) is 6.25. The average molecular weight is 505 g/mol. The summed E-state index contributed by atoms with van der Waals surface area (Å²) in [6.07, 6.45) is -1.71. The molecule has 4 rings (SSSR count). The van der Waals surface area contributed by atoms with E-state index in [4.69, 9.17) is 9.84 Å². The van der Waals surface area contributed by atoms with Gasteiger partial charge in [0, 0.05) is 61.7 Å². The minimum absolute atomic E-state index is 0.0783. The van der Waals surface area contributed by atoms with Gasteiger partial charge in [-0.15, -0.1) is 0 Å². The molecule has 3 heterocycles. The maximum Gasteiger partial charge on any atom is 0.451 e. The molecular weight excluding hydrogens is 477 g/mol. The lowest BCUT2D eigenvalue weighted by atomic mass is 10.1. The highest BCUT2D eigenvalue weighted by Gasteiger charge is 2.35. The van der Waals surface area contributed by atoms with Gasteiger partial charge in [0.05, 0.1) is 24.8 Å². The van der Waals surface area contributed by atoms with Gasteiger partial charge in [0.15, 0.2) is 0 Å². The minimum atomic E-state index is -4.63. The topological polar surface area (TPSA) is 113 Å². The summed E-state index contributed by atoms with van der Waals surface area (Å²) in [7, 11) is 0. The van der Waals surface area contributed by atoms with Gasteiger partial charge in [-0.1, -0.05) is 6.07 Å².